The number of amides is 1. The number of carbonyl (C=O) groups is 2. The number of carbonyl (C=O) groups excluding carboxylic acids is 2. The van der Waals surface area contributed by atoms with Crippen molar-refractivity contribution in [1.29, 1.82) is 0 Å². The van der Waals surface area contributed by atoms with Crippen LogP contribution in [0.2, 0.25) is 5.02 Å². The number of nitrogens with zero attached hydrogens (tertiary/aromatic N) is 1. The zero-order valence-electron chi connectivity index (χ0n) is 18.7. The lowest BCUT2D eigenvalue weighted by Gasteiger charge is -2.04. The standard InChI is InChI=1S/C26H21ClN2O4S2/c1-2-35(32,33)19-14-12-17(13-15-19)16-22(30)28-26-29-23(18-8-4-3-5-9-18)25(34-26)24(31)20-10-6-7-11-21(20)27/h3-15H,2,16H2,1H3,(H,28,29,30). The van der Waals surface area contributed by atoms with Gasteiger partial charge >= 0.3 is 0 Å². The molecule has 0 atom stereocenters. The number of halogens is 1. The Balaban J connectivity index is 1.59. The third-order valence-electron chi connectivity index (χ3n) is 5.27. The molecule has 4 rings (SSSR count). The zero-order chi connectivity index (χ0) is 25.0. The van der Waals surface area contributed by atoms with Crippen LogP contribution in [0.15, 0.2) is 83.8 Å². The van der Waals surface area contributed by atoms with Crippen LogP contribution in [0.25, 0.3) is 11.3 Å². The molecular weight excluding hydrogens is 504 g/mol. The van der Waals surface area contributed by atoms with Gasteiger partial charge in [0.25, 0.3) is 0 Å². The van der Waals surface area contributed by atoms with Crippen LogP contribution in [-0.2, 0) is 21.1 Å². The second kappa shape index (κ2) is 10.5. The lowest BCUT2D eigenvalue weighted by molar-refractivity contribution is -0.115. The van der Waals surface area contributed by atoms with E-state index in [1.165, 1.54) is 12.1 Å². The van der Waals surface area contributed by atoms with Crippen LogP contribution < -0.4 is 5.32 Å². The predicted molar refractivity (Wildman–Crippen MR) is 139 cm³/mol. The molecule has 1 amide bonds. The van der Waals surface area contributed by atoms with E-state index in [2.05, 4.69) is 10.3 Å². The van der Waals surface area contributed by atoms with E-state index in [0.717, 1.165) is 16.9 Å². The molecule has 0 fully saturated rings. The highest BCUT2D eigenvalue weighted by Crippen LogP contribution is 2.34. The summed E-state index contributed by atoms with van der Waals surface area (Å²) in [6.45, 7) is 1.58. The van der Waals surface area contributed by atoms with Crippen molar-refractivity contribution in [2.45, 2.75) is 18.2 Å². The van der Waals surface area contributed by atoms with Crippen LogP contribution in [0.1, 0.15) is 27.7 Å². The maximum Gasteiger partial charge on any atom is 0.230 e. The fourth-order valence-electron chi connectivity index (χ4n) is 3.42. The van der Waals surface area contributed by atoms with Crippen molar-refractivity contribution in [2.75, 3.05) is 11.1 Å². The molecule has 1 N–H and O–H groups in total. The quantitative estimate of drug-likeness (QED) is 0.300. The Labute approximate surface area is 212 Å². The molecule has 178 valence electrons. The number of nitrogens with one attached hydrogen (secondary N) is 1. The Morgan fingerprint density at radius 3 is 2.26 bits per heavy atom. The average Bonchev–Trinajstić information content (AvgIpc) is 3.28. The highest BCUT2D eigenvalue weighted by atomic mass is 35.5. The summed E-state index contributed by atoms with van der Waals surface area (Å²) in [6, 6.07) is 22.3. The summed E-state index contributed by atoms with van der Waals surface area (Å²) in [5, 5.41) is 3.39. The van der Waals surface area contributed by atoms with Gasteiger partial charge in [0.1, 0.15) is 4.88 Å². The highest BCUT2D eigenvalue weighted by Gasteiger charge is 2.23. The van der Waals surface area contributed by atoms with Gasteiger partial charge in [-0.2, -0.15) is 0 Å². The molecular formula is C26H21ClN2O4S2. The summed E-state index contributed by atoms with van der Waals surface area (Å²) >= 11 is 7.34. The minimum atomic E-state index is -3.30. The highest BCUT2D eigenvalue weighted by molar-refractivity contribution is 7.91. The third kappa shape index (κ3) is 5.67. The van der Waals surface area contributed by atoms with E-state index in [9.17, 15) is 18.0 Å². The topological polar surface area (TPSA) is 93.2 Å². The predicted octanol–water partition coefficient (Wildman–Crippen LogP) is 5.67. The van der Waals surface area contributed by atoms with Crippen LogP contribution in [0.3, 0.4) is 0 Å². The number of aromatic nitrogens is 1. The minimum absolute atomic E-state index is 0.00980. The number of rotatable bonds is 8. The van der Waals surface area contributed by atoms with Crippen LogP contribution >= 0.6 is 22.9 Å². The maximum absolute atomic E-state index is 13.3. The maximum atomic E-state index is 13.3. The summed E-state index contributed by atoms with van der Waals surface area (Å²) in [5.41, 5.74) is 2.22. The zero-order valence-corrected chi connectivity index (χ0v) is 21.1. The van der Waals surface area contributed by atoms with Crippen molar-refractivity contribution in [1.82, 2.24) is 4.98 Å². The van der Waals surface area contributed by atoms with Gasteiger partial charge in [0.15, 0.2) is 15.0 Å². The molecule has 0 aliphatic heterocycles. The lowest BCUT2D eigenvalue weighted by Crippen LogP contribution is -2.14. The molecule has 0 saturated carbocycles. The van der Waals surface area contributed by atoms with Gasteiger partial charge < -0.3 is 5.32 Å². The van der Waals surface area contributed by atoms with Crippen molar-refractivity contribution < 1.29 is 18.0 Å². The normalized spacial score (nSPS) is 11.3. The van der Waals surface area contributed by atoms with E-state index in [1.807, 2.05) is 30.3 Å². The second-order valence-electron chi connectivity index (χ2n) is 7.64. The molecule has 6 nitrogen and oxygen atoms in total. The first-order valence-electron chi connectivity index (χ1n) is 10.8. The van der Waals surface area contributed by atoms with Crippen LogP contribution in [0.5, 0.6) is 0 Å². The smallest absolute Gasteiger partial charge is 0.230 e. The Kier molecular flexibility index (Phi) is 7.45. The molecule has 0 bridgehead atoms. The van der Waals surface area contributed by atoms with Crippen LogP contribution in [-0.4, -0.2) is 30.8 Å². The van der Waals surface area contributed by atoms with Gasteiger partial charge in [-0.3, -0.25) is 9.59 Å². The summed E-state index contributed by atoms with van der Waals surface area (Å²) in [4.78, 5) is 31.1. The number of anilines is 1. The van der Waals surface area contributed by atoms with Crippen molar-refractivity contribution in [3.8, 4) is 11.3 Å². The molecule has 0 saturated heterocycles. The van der Waals surface area contributed by atoms with E-state index < -0.39 is 9.84 Å². The van der Waals surface area contributed by atoms with Gasteiger partial charge in [-0.25, -0.2) is 13.4 Å². The fourth-order valence-corrected chi connectivity index (χ4v) is 5.48. The van der Waals surface area contributed by atoms with Crippen LogP contribution in [0, 0.1) is 0 Å². The molecule has 0 aliphatic carbocycles. The number of sulfone groups is 1. The first kappa shape index (κ1) is 24.8. The molecule has 0 aliphatic rings. The molecule has 0 unspecified atom stereocenters. The summed E-state index contributed by atoms with van der Waals surface area (Å²) in [7, 11) is -3.30. The second-order valence-corrected chi connectivity index (χ2v) is 11.3. The van der Waals surface area contributed by atoms with Crippen molar-refractivity contribution in [3.05, 3.63) is 99.9 Å². The third-order valence-corrected chi connectivity index (χ3v) is 8.32. The molecule has 1 heterocycles. The molecule has 3 aromatic carbocycles. The Bertz CT molecular complexity index is 1480. The molecule has 0 radical (unpaired) electrons. The number of benzene rings is 3. The van der Waals surface area contributed by atoms with E-state index in [0.29, 0.717) is 26.7 Å². The number of ketones is 1. The summed E-state index contributed by atoms with van der Waals surface area (Å²) < 4.78 is 24.0. The first-order valence-corrected chi connectivity index (χ1v) is 13.6. The monoisotopic (exact) mass is 524 g/mol. The molecule has 1 aromatic heterocycles. The molecule has 4 aromatic rings. The molecule has 35 heavy (non-hydrogen) atoms. The van der Waals surface area contributed by atoms with Crippen LogP contribution in [0.4, 0.5) is 5.13 Å². The SMILES string of the molecule is CCS(=O)(=O)c1ccc(CC(=O)Nc2nc(-c3ccccc3)c(C(=O)c3ccccc3Cl)s2)cc1. The Morgan fingerprint density at radius 1 is 0.943 bits per heavy atom. The molecule has 9 heteroatoms. The van der Waals surface area contributed by atoms with Crippen molar-refractivity contribution in [3.63, 3.8) is 0 Å². The fraction of sp³-hybridized carbons (Fsp3) is 0.115. The van der Waals surface area contributed by atoms with Gasteiger partial charge in [0, 0.05) is 11.1 Å². The summed E-state index contributed by atoms with van der Waals surface area (Å²) in [5.74, 6) is -0.600. The van der Waals surface area contributed by atoms with Gasteiger partial charge in [0.05, 0.1) is 27.8 Å². The van der Waals surface area contributed by atoms with Gasteiger partial charge in [0.2, 0.25) is 11.7 Å². The molecule has 0 spiro atoms. The number of hydrogen-bond donors (Lipinski definition) is 1. The largest absolute Gasteiger partial charge is 0.302 e. The van der Waals surface area contributed by atoms with E-state index >= 15 is 0 Å². The summed E-state index contributed by atoms with van der Waals surface area (Å²) in [6.07, 6.45) is 0.0283. The van der Waals surface area contributed by atoms with Gasteiger partial charge in [-0.1, -0.05) is 84.5 Å². The van der Waals surface area contributed by atoms with E-state index in [1.54, 1.807) is 43.3 Å². The van der Waals surface area contributed by atoms with Crippen molar-refractivity contribution in [2.24, 2.45) is 0 Å². The van der Waals surface area contributed by atoms with E-state index in [4.69, 9.17) is 11.6 Å². The van der Waals surface area contributed by atoms with Crippen molar-refractivity contribution >= 4 is 49.6 Å². The first-order chi connectivity index (χ1) is 16.8. The Hall–Kier alpha value is -3.33. The van der Waals surface area contributed by atoms with Gasteiger partial charge in [-0.05, 0) is 29.8 Å². The lowest BCUT2D eigenvalue weighted by atomic mass is 10.1. The minimum Gasteiger partial charge on any atom is -0.302 e. The number of thiazole rings is 1. The Morgan fingerprint density at radius 2 is 1.60 bits per heavy atom. The van der Waals surface area contributed by atoms with Gasteiger partial charge in [-0.15, -0.1) is 0 Å². The number of hydrogen-bond acceptors (Lipinski definition) is 6. The van der Waals surface area contributed by atoms with E-state index in [-0.39, 0.29) is 33.9 Å². The average molecular weight is 525 g/mol.